The minimum Gasteiger partial charge on any atom is -0.366 e. The molecule has 0 unspecified atom stereocenters. The van der Waals surface area contributed by atoms with Crippen LogP contribution >= 0.6 is 11.3 Å². The fourth-order valence-electron chi connectivity index (χ4n) is 5.20. The molecule has 5 aromatic carbocycles. The van der Waals surface area contributed by atoms with Gasteiger partial charge >= 0.3 is 0 Å². The first-order valence-electron chi connectivity index (χ1n) is 12.9. The molecule has 1 aliphatic heterocycles. The van der Waals surface area contributed by atoms with E-state index in [1.54, 1.807) is 0 Å². The molecule has 0 saturated heterocycles. The number of nitrogens with zero attached hydrogens (tertiary/aromatic N) is 1. The highest BCUT2D eigenvalue weighted by Crippen LogP contribution is 2.39. The number of hydrogen-bond acceptors (Lipinski definition) is 3. The van der Waals surface area contributed by atoms with Gasteiger partial charge in [0.2, 0.25) is 0 Å². The Morgan fingerprint density at radius 3 is 1.61 bits per heavy atom. The van der Waals surface area contributed by atoms with E-state index in [0.29, 0.717) is 0 Å². The molecule has 1 N–H and O–H groups in total. The van der Waals surface area contributed by atoms with Crippen molar-refractivity contribution in [3.05, 3.63) is 150 Å². The van der Waals surface area contributed by atoms with Gasteiger partial charge in [0.1, 0.15) is 5.82 Å². The highest BCUT2D eigenvalue weighted by atomic mass is 32.1. The first-order valence-corrected chi connectivity index (χ1v) is 13.7. The van der Waals surface area contributed by atoms with Crippen molar-refractivity contribution in [3.8, 4) is 22.3 Å². The smallest absolute Gasteiger partial charge is 0.111 e. The molecule has 0 fully saturated rings. The molecule has 1 aromatic heterocycles. The Kier molecular flexibility index (Phi) is 5.76. The van der Waals surface area contributed by atoms with Crippen LogP contribution in [0.2, 0.25) is 0 Å². The number of nitrogens with one attached hydrogen (secondary N) is 1. The van der Waals surface area contributed by atoms with Crippen molar-refractivity contribution >= 4 is 38.9 Å². The minimum absolute atomic E-state index is 0.821. The summed E-state index contributed by atoms with van der Waals surface area (Å²) < 4.78 is 1.34. The Labute approximate surface area is 227 Å². The summed E-state index contributed by atoms with van der Waals surface area (Å²) in [4.78, 5) is 3.72. The highest BCUT2D eigenvalue weighted by molar-refractivity contribution is 7.19. The second-order valence-corrected chi connectivity index (χ2v) is 10.6. The standard InChI is InChI=1S/C35H26N2S/c1-3-9-25(10-4-1)27-15-19-29(20-16-27)37(30-21-17-28(18-22-30)26-11-5-2-6-12-26)35-23-32-31-13-7-8-14-33(31)38-34(32)24-36-35/h1-23,36H,24H2. The van der Waals surface area contributed by atoms with E-state index in [2.05, 4.69) is 150 Å². The summed E-state index contributed by atoms with van der Waals surface area (Å²) >= 11 is 1.88. The molecule has 0 bridgehead atoms. The van der Waals surface area contributed by atoms with Crippen molar-refractivity contribution in [2.75, 3.05) is 4.90 Å². The Morgan fingerprint density at radius 1 is 0.526 bits per heavy atom. The van der Waals surface area contributed by atoms with Crippen LogP contribution in [0, 0.1) is 0 Å². The summed E-state index contributed by atoms with van der Waals surface area (Å²) in [7, 11) is 0. The lowest BCUT2D eigenvalue weighted by molar-refractivity contribution is 0.792. The maximum absolute atomic E-state index is 3.72. The van der Waals surface area contributed by atoms with E-state index < -0.39 is 0 Å². The molecule has 0 spiro atoms. The Bertz CT molecular complexity index is 1650. The summed E-state index contributed by atoms with van der Waals surface area (Å²) in [5, 5.41) is 5.05. The average molecular weight is 507 g/mol. The summed E-state index contributed by atoms with van der Waals surface area (Å²) in [5.41, 5.74) is 8.45. The monoisotopic (exact) mass is 506 g/mol. The minimum atomic E-state index is 0.821. The molecule has 182 valence electrons. The van der Waals surface area contributed by atoms with Gasteiger partial charge in [-0.15, -0.1) is 11.3 Å². The highest BCUT2D eigenvalue weighted by Gasteiger charge is 2.22. The number of anilines is 2. The Morgan fingerprint density at radius 2 is 1.03 bits per heavy atom. The van der Waals surface area contributed by atoms with E-state index in [1.807, 2.05) is 11.3 Å². The summed E-state index contributed by atoms with van der Waals surface area (Å²) in [5.74, 6) is 1.08. The second kappa shape index (κ2) is 9.70. The zero-order chi connectivity index (χ0) is 25.3. The molecule has 0 amide bonds. The Balaban J connectivity index is 1.32. The third-order valence-corrected chi connectivity index (χ3v) is 8.31. The zero-order valence-corrected chi connectivity index (χ0v) is 21.7. The van der Waals surface area contributed by atoms with Crippen LogP contribution in [0.25, 0.3) is 38.4 Å². The van der Waals surface area contributed by atoms with Crippen LogP contribution in [0.15, 0.2) is 139 Å². The summed E-state index contributed by atoms with van der Waals surface area (Å²) in [6.45, 7) is 0.821. The predicted octanol–water partition coefficient (Wildman–Crippen LogP) is 9.48. The lowest BCUT2D eigenvalue weighted by Gasteiger charge is -2.31. The molecule has 2 nitrogen and oxygen atoms in total. The van der Waals surface area contributed by atoms with Crippen LogP contribution in [0.3, 0.4) is 0 Å². The summed E-state index contributed by atoms with van der Waals surface area (Å²) in [6.07, 6.45) is 2.31. The van der Waals surface area contributed by atoms with Crippen LogP contribution in [0.5, 0.6) is 0 Å². The molecule has 6 aromatic rings. The molecule has 0 atom stereocenters. The van der Waals surface area contributed by atoms with Gasteiger partial charge < -0.3 is 5.32 Å². The molecular weight excluding hydrogens is 480 g/mol. The lowest BCUT2D eigenvalue weighted by Crippen LogP contribution is -2.29. The second-order valence-electron chi connectivity index (χ2n) is 9.48. The first kappa shape index (κ1) is 22.6. The number of fused-ring (bicyclic) bond motifs is 3. The number of benzene rings is 5. The largest absolute Gasteiger partial charge is 0.366 e. The quantitative estimate of drug-likeness (QED) is 0.250. The molecule has 2 heterocycles. The van der Waals surface area contributed by atoms with Crippen LogP contribution < -0.4 is 10.2 Å². The maximum Gasteiger partial charge on any atom is 0.111 e. The molecule has 1 aliphatic rings. The molecule has 38 heavy (non-hydrogen) atoms. The van der Waals surface area contributed by atoms with E-state index in [-0.39, 0.29) is 0 Å². The van der Waals surface area contributed by atoms with Crippen LogP contribution in [0.4, 0.5) is 11.4 Å². The normalized spacial score (nSPS) is 12.5. The summed E-state index contributed by atoms with van der Waals surface area (Å²) in [6, 6.07) is 47.5. The zero-order valence-electron chi connectivity index (χ0n) is 20.8. The number of hydrogen-bond donors (Lipinski definition) is 1. The van der Waals surface area contributed by atoms with Gasteiger partial charge in [0.25, 0.3) is 0 Å². The van der Waals surface area contributed by atoms with Gasteiger partial charge in [0.05, 0.1) is 6.54 Å². The van der Waals surface area contributed by atoms with Gasteiger partial charge in [-0.05, 0) is 58.7 Å². The van der Waals surface area contributed by atoms with Crippen molar-refractivity contribution in [1.82, 2.24) is 5.32 Å². The molecule has 0 radical (unpaired) electrons. The van der Waals surface area contributed by atoms with Crippen molar-refractivity contribution in [3.63, 3.8) is 0 Å². The fourth-order valence-corrected chi connectivity index (χ4v) is 6.33. The predicted molar refractivity (Wildman–Crippen MR) is 163 cm³/mol. The molecule has 0 saturated carbocycles. The lowest BCUT2D eigenvalue weighted by atomic mass is 10.0. The van der Waals surface area contributed by atoms with Gasteiger partial charge in [-0.3, -0.25) is 4.90 Å². The molecule has 7 rings (SSSR count). The maximum atomic E-state index is 3.72. The van der Waals surface area contributed by atoms with Gasteiger partial charge in [-0.1, -0.05) is 103 Å². The van der Waals surface area contributed by atoms with Crippen molar-refractivity contribution in [1.29, 1.82) is 0 Å². The Hall–Kier alpha value is -4.60. The van der Waals surface area contributed by atoms with Crippen LogP contribution in [-0.2, 0) is 6.54 Å². The van der Waals surface area contributed by atoms with E-state index in [1.165, 1.54) is 42.8 Å². The van der Waals surface area contributed by atoms with Gasteiger partial charge in [-0.2, -0.15) is 0 Å². The first-order chi connectivity index (χ1) is 18.8. The molecular formula is C35H26N2S. The third kappa shape index (κ3) is 4.17. The van der Waals surface area contributed by atoms with Crippen molar-refractivity contribution in [2.45, 2.75) is 6.54 Å². The number of rotatable bonds is 5. The number of thiophene rings is 1. The third-order valence-electron chi connectivity index (χ3n) is 7.13. The van der Waals surface area contributed by atoms with Crippen LogP contribution in [-0.4, -0.2) is 0 Å². The molecule has 3 heteroatoms. The van der Waals surface area contributed by atoms with Gasteiger partial charge in [0.15, 0.2) is 0 Å². The van der Waals surface area contributed by atoms with E-state index in [9.17, 15) is 0 Å². The van der Waals surface area contributed by atoms with Crippen LogP contribution in [0.1, 0.15) is 10.4 Å². The van der Waals surface area contributed by atoms with E-state index in [0.717, 1.165) is 23.7 Å². The SMILES string of the molecule is C1=C(N(c2ccc(-c3ccccc3)cc2)c2ccc(-c3ccccc3)cc2)NCc2sc3ccccc3c21. The van der Waals surface area contributed by atoms with Gasteiger partial charge in [0, 0.05) is 31.9 Å². The van der Waals surface area contributed by atoms with Gasteiger partial charge in [-0.25, -0.2) is 0 Å². The van der Waals surface area contributed by atoms with Crippen molar-refractivity contribution in [2.24, 2.45) is 0 Å². The molecule has 0 aliphatic carbocycles. The van der Waals surface area contributed by atoms with E-state index in [4.69, 9.17) is 0 Å². The average Bonchev–Trinajstić information content (AvgIpc) is 3.37. The fraction of sp³-hybridized carbons (Fsp3) is 0.0286. The topological polar surface area (TPSA) is 15.3 Å². The van der Waals surface area contributed by atoms with E-state index >= 15 is 0 Å². The van der Waals surface area contributed by atoms with Crippen molar-refractivity contribution < 1.29 is 0 Å².